The second-order valence-corrected chi connectivity index (χ2v) is 7.27. The van der Waals surface area contributed by atoms with Crippen LogP contribution in [0.3, 0.4) is 0 Å². The zero-order chi connectivity index (χ0) is 20.8. The van der Waals surface area contributed by atoms with Gasteiger partial charge < -0.3 is 24.3 Å². The molecule has 0 bridgehead atoms. The topological polar surface area (TPSA) is 52.2 Å². The predicted octanol–water partition coefficient (Wildman–Crippen LogP) is 3.56. The number of likely N-dealkylation sites (tertiary alicyclic amines) is 1. The van der Waals surface area contributed by atoms with Crippen LogP contribution in [-0.4, -0.2) is 75.6 Å². The van der Waals surface area contributed by atoms with E-state index in [9.17, 15) is 0 Å². The van der Waals surface area contributed by atoms with E-state index < -0.39 is 0 Å². The third-order valence-corrected chi connectivity index (χ3v) is 5.18. The number of hydrogen-bond acceptors (Lipinski definition) is 6. The fourth-order valence-electron chi connectivity index (χ4n) is 3.81. The van der Waals surface area contributed by atoms with E-state index in [-0.39, 0.29) is 12.6 Å². The summed E-state index contributed by atoms with van der Waals surface area (Å²) in [5.41, 5.74) is 1.28. The van der Waals surface area contributed by atoms with Gasteiger partial charge in [0.15, 0.2) is 12.6 Å². The van der Waals surface area contributed by atoms with Crippen molar-refractivity contribution in [1.82, 2.24) is 10.2 Å². The summed E-state index contributed by atoms with van der Waals surface area (Å²) in [5, 5.41) is 3.69. The minimum atomic E-state index is -0.0823. The largest absolute Gasteiger partial charge is 0.353 e. The van der Waals surface area contributed by atoms with Gasteiger partial charge in [0.1, 0.15) is 0 Å². The summed E-state index contributed by atoms with van der Waals surface area (Å²) in [7, 11) is 0. The molecule has 1 saturated heterocycles. The summed E-state index contributed by atoms with van der Waals surface area (Å²) >= 11 is 0. The normalized spacial score (nSPS) is 20.8. The van der Waals surface area contributed by atoms with Gasteiger partial charge in [-0.05, 0) is 79.0 Å². The van der Waals surface area contributed by atoms with E-state index in [2.05, 4.69) is 23.7 Å². The van der Waals surface area contributed by atoms with Crippen molar-refractivity contribution >= 4 is 0 Å². The van der Waals surface area contributed by atoms with Crippen LogP contribution in [0.1, 0.15) is 60.3 Å². The Morgan fingerprint density at radius 3 is 1.93 bits per heavy atom. The minimum Gasteiger partial charge on any atom is -0.353 e. The fraction of sp³-hybridized carbons (Fsp3) is 0.909. The van der Waals surface area contributed by atoms with Gasteiger partial charge >= 0.3 is 0 Å². The fourth-order valence-corrected chi connectivity index (χ4v) is 3.81. The average molecular weight is 401 g/mol. The van der Waals surface area contributed by atoms with Gasteiger partial charge in [0.2, 0.25) is 0 Å². The van der Waals surface area contributed by atoms with Gasteiger partial charge in [-0.25, -0.2) is 0 Å². The van der Waals surface area contributed by atoms with E-state index in [4.69, 9.17) is 18.9 Å². The molecule has 2 atom stereocenters. The molecular formula is C22H44N2O4. The Morgan fingerprint density at radius 2 is 1.43 bits per heavy atom. The van der Waals surface area contributed by atoms with Crippen LogP contribution in [0, 0.1) is 0 Å². The maximum Gasteiger partial charge on any atom is 0.157 e. The second-order valence-electron chi connectivity index (χ2n) is 7.27. The van der Waals surface area contributed by atoms with Crippen molar-refractivity contribution in [3.8, 4) is 0 Å². The van der Waals surface area contributed by atoms with E-state index >= 15 is 0 Å². The zero-order valence-corrected chi connectivity index (χ0v) is 18.9. The lowest BCUT2D eigenvalue weighted by atomic mass is 10.1. The monoisotopic (exact) mass is 400 g/mol. The lowest BCUT2D eigenvalue weighted by molar-refractivity contribution is -0.140. The highest BCUT2D eigenvalue weighted by atomic mass is 16.7. The first kappa shape index (κ1) is 25.5. The average Bonchev–Trinajstić information content (AvgIpc) is 2.93. The van der Waals surface area contributed by atoms with Gasteiger partial charge in [0.05, 0.1) is 0 Å². The smallest absolute Gasteiger partial charge is 0.157 e. The third kappa shape index (κ3) is 9.33. The van der Waals surface area contributed by atoms with Crippen molar-refractivity contribution in [1.29, 1.82) is 0 Å². The Labute approximate surface area is 172 Å². The van der Waals surface area contributed by atoms with Crippen LogP contribution in [0.25, 0.3) is 0 Å². The summed E-state index contributed by atoms with van der Waals surface area (Å²) in [5.74, 6) is 0. The standard InChI is InChI=1S/C22H44N2O4/c1-7-25-20(26-8-2)13-11-15-23-22-18(5)17-24(19(22)6)16-12-14-21(27-9-3)28-10-4/h19-23H,5,7-17H2,1-4,6H3/t19-,22-/m1/s1. The maximum absolute atomic E-state index is 5.64. The Morgan fingerprint density at radius 1 is 0.929 bits per heavy atom. The molecule has 0 radical (unpaired) electrons. The highest BCUT2D eigenvalue weighted by Gasteiger charge is 2.32. The zero-order valence-electron chi connectivity index (χ0n) is 18.9. The molecule has 1 aliphatic rings. The third-order valence-electron chi connectivity index (χ3n) is 5.18. The number of hydrogen-bond donors (Lipinski definition) is 1. The lowest BCUT2D eigenvalue weighted by Crippen LogP contribution is -2.41. The molecule has 28 heavy (non-hydrogen) atoms. The quantitative estimate of drug-likeness (QED) is 0.229. The molecule has 166 valence electrons. The number of ether oxygens (including phenoxy) is 4. The molecular weight excluding hydrogens is 356 g/mol. The van der Waals surface area contributed by atoms with Crippen molar-refractivity contribution in [2.75, 3.05) is 46.1 Å². The molecule has 1 fully saturated rings. The Kier molecular flexibility index (Phi) is 14.0. The van der Waals surface area contributed by atoms with Gasteiger partial charge in [0, 0.05) is 45.1 Å². The molecule has 0 aromatic carbocycles. The van der Waals surface area contributed by atoms with Gasteiger partial charge in [-0.3, -0.25) is 4.90 Å². The summed E-state index contributed by atoms with van der Waals surface area (Å²) in [4.78, 5) is 2.51. The number of nitrogens with one attached hydrogen (secondary N) is 1. The van der Waals surface area contributed by atoms with Gasteiger partial charge in [-0.15, -0.1) is 0 Å². The van der Waals surface area contributed by atoms with Crippen LogP contribution in [0.15, 0.2) is 12.2 Å². The first-order valence-electron chi connectivity index (χ1n) is 11.2. The van der Waals surface area contributed by atoms with Crippen molar-refractivity contribution in [3.05, 3.63) is 12.2 Å². The highest BCUT2D eigenvalue weighted by molar-refractivity contribution is 5.18. The molecule has 0 aromatic heterocycles. The molecule has 0 aliphatic carbocycles. The summed E-state index contributed by atoms with van der Waals surface area (Å²) in [6.45, 7) is 20.4. The van der Waals surface area contributed by atoms with Crippen LogP contribution < -0.4 is 5.32 Å². The number of rotatable bonds is 17. The van der Waals surface area contributed by atoms with Crippen LogP contribution in [-0.2, 0) is 18.9 Å². The van der Waals surface area contributed by atoms with Crippen LogP contribution in [0.4, 0.5) is 0 Å². The van der Waals surface area contributed by atoms with E-state index in [1.807, 2.05) is 27.7 Å². The first-order chi connectivity index (χ1) is 13.6. The minimum absolute atomic E-state index is 0.0753. The van der Waals surface area contributed by atoms with Crippen LogP contribution >= 0.6 is 0 Å². The Hall–Kier alpha value is -0.500. The molecule has 1 rings (SSSR count). The molecule has 1 N–H and O–H groups in total. The second kappa shape index (κ2) is 15.4. The van der Waals surface area contributed by atoms with Crippen molar-refractivity contribution < 1.29 is 18.9 Å². The van der Waals surface area contributed by atoms with Crippen LogP contribution in [0.2, 0.25) is 0 Å². The SMILES string of the molecule is C=C1CN(CCCC(OCC)OCC)[C@H](C)[C@@H]1NCCCC(OCC)OCC. The number of nitrogens with zero attached hydrogens (tertiary/aromatic N) is 1. The Bertz CT molecular complexity index is 396. The molecule has 1 heterocycles. The van der Waals surface area contributed by atoms with E-state index in [0.717, 1.165) is 45.3 Å². The molecule has 6 nitrogen and oxygen atoms in total. The molecule has 0 unspecified atom stereocenters. The summed E-state index contributed by atoms with van der Waals surface area (Å²) in [6.07, 6.45) is 3.80. The van der Waals surface area contributed by atoms with Crippen molar-refractivity contribution in [2.24, 2.45) is 0 Å². The van der Waals surface area contributed by atoms with Gasteiger partial charge in [-0.2, -0.15) is 0 Å². The summed E-state index contributed by atoms with van der Waals surface area (Å²) in [6, 6.07) is 0.812. The Balaban J connectivity index is 2.31. The predicted molar refractivity (Wildman–Crippen MR) is 115 cm³/mol. The maximum atomic E-state index is 5.64. The van der Waals surface area contributed by atoms with E-state index in [0.29, 0.717) is 38.5 Å². The molecule has 0 amide bonds. The van der Waals surface area contributed by atoms with Crippen molar-refractivity contribution in [3.63, 3.8) is 0 Å². The van der Waals surface area contributed by atoms with Gasteiger partial charge in [-0.1, -0.05) is 6.58 Å². The molecule has 1 aliphatic heterocycles. The molecule has 6 heteroatoms. The lowest BCUT2D eigenvalue weighted by Gasteiger charge is -2.26. The van der Waals surface area contributed by atoms with Gasteiger partial charge in [0.25, 0.3) is 0 Å². The van der Waals surface area contributed by atoms with Crippen LogP contribution in [0.5, 0.6) is 0 Å². The molecule has 0 spiro atoms. The van der Waals surface area contributed by atoms with Crippen molar-refractivity contribution in [2.45, 2.75) is 85.0 Å². The molecule has 0 saturated carbocycles. The van der Waals surface area contributed by atoms with E-state index in [1.54, 1.807) is 0 Å². The molecule has 0 aromatic rings. The first-order valence-corrected chi connectivity index (χ1v) is 11.2. The summed E-state index contributed by atoms with van der Waals surface area (Å²) < 4.78 is 22.5. The highest BCUT2D eigenvalue weighted by Crippen LogP contribution is 2.22. The van der Waals surface area contributed by atoms with E-state index in [1.165, 1.54) is 5.57 Å².